The minimum atomic E-state index is -0.646. The molecule has 2 aromatic rings. The Bertz CT molecular complexity index is 837. The van der Waals surface area contributed by atoms with E-state index in [-0.39, 0.29) is 22.1 Å². The normalized spacial score (nSPS) is 14.2. The van der Waals surface area contributed by atoms with Gasteiger partial charge < -0.3 is 10.2 Å². The average Bonchev–Trinajstić information content (AvgIpc) is 2.63. The van der Waals surface area contributed by atoms with Crippen molar-refractivity contribution < 1.29 is 9.72 Å². The van der Waals surface area contributed by atoms with E-state index in [0.29, 0.717) is 23.8 Å². The smallest absolute Gasteiger partial charge is 0.305 e. The van der Waals surface area contributed by atoms with Crippen molar-refractivity contribution in [2.75, 3.05) is 23.3 Å². The molecule has 1 aliphatic heterocycles. The highest BCUT2D eigenvalue weighted by Crippen LogP contribution is 2.36. The van der Waals surface area contributed by atoms with Crippen molar-refractivity contribution in [3.05, 3.63) is 56.2 Å². The van der Waals surface area contributed by atoms with E-state index in [1.807, 2.05) is 4.90 Å². The molecular formula is C17H16Cl2N4O3. The number of amides is 1. The van der Waals surface area contributed by atoms with E-state index in [1.165, 1.54) is 18.3 Å². The molecule has 2 heterocycles. The van der Waals surface area contributed by atoms with Crippen LogP contribution >= 0.6 is 23.2 Å². The summed E-state index contributed by atoms with van der Waals surface area (Å²) in [7, 11) is 0. The lowest BCUT2D eigenvalue weighted by Crippen LogP contribution is -2.30. The average molecular weight is 395 g/mol. The summed E-state index contributed by atoms with van der Waals surface area (Å²) in [5, 5.41) is 15.0. The fourth-order valence-electron chi connectivity index (χ4n) is 2.96. The summed E-state index contributed by atoms with van der Waals surface area (Å²) < 4.78 is 0. The van der Waals surface area contributed by atoms with Crippen LogP contribution in [0.4, 0.5) is 17.2 Å². The number of rotatable bonds is 4. The number of pyridine rings is 1. The van der Waals surface area contributed by atoms with E-state index in [1.54, 1.807) is 12.1 Å². The van der Waals surface area contributed by atoms with Gasteiger partial charge in [-0.2, -0.15) is 0 Å². The summed E-state index contributed by atoms with van der Waals surface area (Å²) in [6, 6.07) is 5.93. The number of nitro groups is 1. The molecule has 0 radical (unpaired) electrons. The van der Waals surface area contributed by atoms with E-state index < -0.39 is 10.8 Å². The van der Waals surface area contributed by atoms with Crippen LogP contribution < -0.4 is 10.2 Å². The molecule has 1 aromatic heterocycles. The predicted octanol–water partition coefficient (Wildman–Crippen LogP) is 4.54. The lowest BCUT2D eigenvalue weighted by molar-refractivity contribution is -0.384. The van der Waals surface area contributed by atoms with Crippen LogP contribution in [0.2, 0.25) is 10.0 Å². The molecule has 7 nitrogen and oxygen atoms in total. The van der Waals surface area contributed by atoms with Crippen molar-refractivity contribution in [1.29, 1.82) is 0 Å². The fourth-order valence-corrected chi connectivity index (χ4v) is 3.28. The van der Waals surface area contributed by atoms with Crippen LogP contribution in [0.15, 0.2) is 30.5 Å². The van der Waals surface area contributed by atoms with Crippen LogP contribution in [-0.2, 0) is 0 Å². The van der Waals surface area contributed by atoms with Crippen LogP contribution in [0.1, 0.15) is 29.6 Å². The Morgan fingerprint density at radius 2 is 1.88 bits per heavy atom. The van der Waals surface area contributed by atoms with Gasteiger partial charge in [0.05, 0.1) is 9.95 Å². The fraction of sp³-hybridized carbons (Fsp3) is 0.294. The molecule has 136 valence electrons. The number of nitrogens with zero attached hydrogens (tertiary/aromatic N) is 3. The van der Waals surface area contributed by atoms with Gasteiger partial charge in [-0.15, -0.1) is 0 Å². The Labute approximate surface area is 160 Å². The Hall–Kier alpha value is -2.38. The van der Waals surface area contributed by atoms with Gasteiger partial charge in [-0.25, -0.2) is 4.98 Å². The molecule has 26 heavy (non-hydrogen) atoms. The first kappa shape index (κ1) is 18.4. The van der Waals surface area contributed by atoms with Gasteiger partial charge in [0, 0.05) is 24.3 Å². The molecule has 1 aliphatic rings. The SMILES string of the molecule is O=C(Nc1ccc(Cl)cn1)c1cc(Cl)cc(N2CCCCC2)c1[N+](=O)[O-]. The van der Waals surface area contributed by atoms with Crippen LogP contribution in [0, 0.1) is 10.1 Å². The highest BCUT2D eigenvalue weighted by Gasteiger charge is 2.29. The molecule has 1 saturated heterocycles. The lowest BCUT2D eigenvalue weighted by atomic mass is 10.1. The van der Waals surface area contributed by atoms with Crippen molar-refractivity contribution in [3.8, 4) is 0 Å². The Morgan fingerprint density at radius 1 is 1.15 bits per heavy atom. The molecule has 0 saturated carbocycles. The van der Waals surface area contributed by atoms with E-state index in [2.05, 4.69) is 10.3 Å². The van der Waals surface area contributed by atoms with Gasteiger partial charge in [0.15, 0.2) is 0 Å². The molecule has 9 heteroatoms. The van der Waals surface area contributed by atoms with E-state index in [0.717, 1.165) is 19.3 Å². The second-order valence-corrected chi connectivity index (χ2v) is 6.81. The lowest BCUT2D eigenvalue weighted by Gasteiger charge is -2.28. The third-order valence-corrected chi connectivity index (χ3v) is 4.59. The third kappa shape index (κ3) is 4.05. The Kier molecular flexibility index (Phi) is 5.58. The Morgan fingerprint density at radius 3 is 2.50 bits per heavy atom. The number of anilines is 2. The van der Waals surface area contributed by atoms with Crippen molar-refractivity contribution in [3.63, 3.8) is 0 Å². The zero-order chi connectivity index (χ0) is 18.7. The maximum Gasteiger partial charge on any atom is 0.305 e. The number of hydrogen-bond acceptors (Lipinski definition) is 5. The number of nitrogens with one attached hydrogen (secondary N) is 1. The number of carbonyl (C=O) groups is 1. The first-order chi connectivity index (χ1) is 12.5. The van der Waals surface area contributed by atoms with Crippen molar-refractivity contribution in [2.45, 2.75) is 19.3 Å². The molecular weight excluding hydrogens is 379 g/mol. The summed E-state index contributed by atoms with van der Waals surface area (Å²) in [5.74, 6) is -0.402. The minimum Gasteiger partial charge on any atom is -0.366 e. The summed E-state index contributed by atoms with van der Waals surface area (Å²) >= 11 is 11.9. The maximum absolute atomic E-state index is 12.6. The maximum atomic E-state index is 12.6. The van der Waals surface area contributed by atoms with Crippen LogP contribution in [-0.4, -0.2) is 28.9 Å². The van der Waals surface area contributed by atoms with Gasteiger partial charge in [-0.3, -0.25) is 14.9 Å². The first-order valence-corrected chi connectivity index (χ1v) is 8.87. The zero-order valence-corrected chi connectivity index (χ0v) is 15.3. The topological polar surface area (TPSA) is 88.4 Å². The number of benzene rings is 1. The minimum absolute atomic E-state index is 0.0974. The monoisotopic (exact) mass is 394 g/mol. The van der Waals surface area contributed by atoms with Crippen LogP contribution in [0.25, 0.3) is 0 Å². The molecule has 0 atom stereocenters. The number of piperidine rings is 1. The van der Waals surface area contributed by atoms with Gasteiger partial charge in [0.25, 0.3) is 5.91 Å². The highest BCUT2D eigenvalue weighted by atomic mass is 35.5. The molecule has 0 aliphatic carbocycles. The molecule has 0 unspecified atom stereocenters. The number of carbonyl (C=O) groups excluding carboxylic acids is 1. The quantitative estimate of drug-likeness (QED) is 0.607. The molecule has 1 amide bonds. The molecule has 3 rings (SSSR count). The third-order valence-electron chi connectivity index (χ3n) is 4.15. The number of halogens is 2. The zero-order valence-electron chi connectivity index (χ0n) is 13.7. The standard InChI is InChI=1S/C17H16Cl2N4O3/c18-11-4-5-15(20-10-11)21-17(24)13-8-12(19)9-14(16(13)23(25)26)22-6-2-1-3-7-22/h4-5,8-10H,1-3,6-7H2,(H,20,21,24). The van der Waals surface area contributed by atoms with Crippen molar-refractivity contribution >= 4 is 46.3 Å². The highest BCUT2D eigenvalue weighted by molar-refractivity contribution is 6.32. The predicted molar refractivity (Wildman–Crippen MR) is 101 cm³/mol. The largest absolute Gasteiger partial charge is 0.366 e. The van der Waals surface area contributed by atoms with Crippen LogP contribution in [0.3, 0.4) is 0 Å². The van der Waals surface area contributed by atoms with E-state index >= 15 is 0 Å². The van der Waals surface area contributed by atoms with Gasteiger partial charge in [0.2, 0.25) is 0 Å². The van der Waals surface area contributed by atoms with Gasteiger partial charge in [0.1, 0.15) is 17.1 Å². The molecule has 1 aromatic carbocycles. The van der Waals surface area contributed by atoms with Crippen molar-refractivity contribution in [2.24, 2.45) is 0 Å². The summed E-state index contributed by atoms with van der Waals surface area (Å²) in [4.78, 5) is 29.7. The molecule has 1 N–H and O–H groups in total. The van der Waals surface area contributed by atoms with Gasteiger partial charge in [-0.1, -0.05) is 23.2 Å². The summed E-state index contributed by atoms with van der Waals surface area (Å²) in [6.45, 7) is 1.39. The number of nitro benzene ring substituents is 1. The van der Waals surface area contributed by atoms with Gasteiger partial charge >= 0.3 is 5.69 Å². The second kappa shape index (κ2) is 7.88. The first-order valence-electron chi connectivity index (χ1n) is 8.11. The van der Waals surface area contributed by atoms with Gasteiger partial charge in [-0.05, 0) is 43.5 Å². The van der Waals surface area contributed by atoms with Crippen molar-refractivity contribution in [1.82, 2.24) is 4.98 Å². The molecule has 0 bridgehead atoms. The number of aromatic nitrogens is 1. The van der Waals surface area contributed by atoms with Crippen LogP contribution in [0.5, 0.6) is 0 Å². The molecule has 1 fully saturated rings. The van der Waals surface area contributed by atoms with E-state index in [4.69, 9.17) is 23.2 Å². The Balaban J connectivity index is 1.99. The second-order valence-electron chi connectivity index (χ2n) is 5.94. The number of hydrogen-bond donors (Lipinski definition) is 1. The van der Waals surface area contributed by atoms with E-state index in [9.17, 15) is 14.9 Å². The molecule has 0 spiro atoms. The summed E-state index contributed by atoms with van der Waals surface area (Å²) in [6.07, 6.45) is 4.35. The summed E-state index contributed by atoms with van der Waals surface area (Å²) in [5.41, 5.74) is 0.0269.